The zero-order valence-electron chi connectivity index (χ0n) is 15.8. The third-order valence-corrected chi connectivity index (χ3v) is 5.85. The van der Waals surface area contributed by atoms with E-state index in [1.54, 1.807) is 13.8 Å². The van der Waals surface area contributed by atoms with Crippen molar-refractivity contribution in [2.24, 2.45) is 5.41 Å². The minimum Gasteiger partial charge on any atom is -0.339 e. The largest absolute Gasteiger partial charge is 0.339 e. The molecular weight excluding hydrogens is 312 g/mol. The second kappa shape index (κ2) is 7.19. The molecule has 1 fully saturated rings. The maximum Gasteiger partial charge on any atom is 0.238 e. The first-order valence-corrected chi connectivity index (χ1v) is 9.62. The average Bonchev–Trinajstić information content (AvgIpc) is 2.66. The SMILES string of the molecule is CCC1CCCCN1C(=O)C(C)(C)C(=O)N1CCc2ccccc2C1. The number of carbonyl (C=O) groups is 2. The van der Waals surface area contributed by atoms with Gasteiger partial charge in [-0.15, -0.1) is 0 Å². The van der Waals surface area contributed by atoms with Gasteiger partial charge in [0.15, 0.2) is 0 Å². The highest BCUT2D eigenvalue weighted by atomic mass is 16.2. The Labute approximate surface area is 151 Å². The van der Waals surface area contributed by atoms with Crippen molar-refractivity contribution in [2.75, 3.05) is 13.1 Å². The fraction of sp³-hybridized carbons (Fsp3) is 0.619. The molecule has 2 aliphatic heterocycles. The molecule has 0 N–H and O–H groups in total. The Morgan fingerprint density at radius 2 is 1.80 bits per heavy atom. The lowest BCUT2D eigenvalue weighted by Gasteiger charge is -2.41. The van der Waals surface area contributed by atoms with Gasteiger partial charge in [0, 0.05) is 25.7 Å². The van der Waals surface area contributed by atoms with Crippen LogP contribution in [0.2, 0.25) is 0 Å². The second-order valence-corrected chi connectivity index (χ2v) is 7.93. The van der Waals surface area contributed by atoms with Gasteiger partial charge in [0.25, 0.3) is 0 Å². The number of piperidine rings is 1. The minimum absolute atomic E-state index is 0.00269. The summed E-state index contributed by atoms with van der Waals surface area (Å²) in [4.78, 5) is 30.2. The minimum atomic E-state index is -0.989. The Bertz CT molecular complexity index is 653. The molecule has 3 rings (SSSR count). The highest BCUT2D eigenvalue weighted by Crippen LogP contribution is 2.30. The van der Waals surface area contributed by atoms with Gasteiger partial charge in [-0.1, -0.05) is 31.2 Å². The Hall–Kier alpha value is -1.84. The Morgan fingerprint density at radius 3 is 2.52 bits per heavy atom. The van der Waals surface area contributed by atoms with Gasteiger partial charge in [0.2, 0.25) is 11.8 Å². The van der Waals surface area contributed by atoms with Crippen molar-refractivity contribution < 1.29 is 9.59 Å². The van der Waals surface area contributed by atoms with Gasteiger partial charge >= 0.3 is 0 Å². The molecule has 1 aromatic rings. The molecule has 2 heterocycles. The summed E-state index contributed by atoms with van der Waals surface area (Å²) in [7, 11) is 0. The predicted molar refractivity (Wildman–Crippen MR) is 99.0 cm³/mol. The molecule has 25 heavy (non-hydrogen) atoms. The molecule has 1 saturated heterocycles. The van der Waals surface area contributed by atoms with Crippen molar-refractivity contribution in [1.82, 2.24) is 9.80 Å². The molecule has 0 aliphatic carbocycles. The second-order valence-electron chi connectivity index (χ2n) is 7.93. The zero-order chi connectivity index (χ0) is 18.0. The Morgan fingerprint density at radius 1 is 1.08 bits per heavy atom. The van der Waals surface area contributed by atoms with Crippen LogP contribution in [0.4, 0.5) is 0 Å². The zero-order valence-corrected chi connectivity index (χ0v) is 15.8. The number of amides is 2. The van der Waals surface area contributed by atoms with E-state index in [4.69, 9.17) is 0 Å². The molecule has 0 bridgehead atoms. The van der Waals surface area contributed by atoms with E-state index in [0.29, 0.717) is 13.1 Å². The first-order valence-electron chi connectivity index (χ1n) is 9.62. The van der Waals surface area contributed by atoms with Gasteiger partial charge in [0.05, 0.1) is 0 Å². The van der Waals surface area contributed by atoms with Gasteiger partial charge in [-0.05, 0) is 57.1 Å². The van der Waals surface area contributed by atoms with Crippen LogP contribution < -0.4 is 0 Å². The lowest BCUT2D eigenvalue weighted by atomic mass is 9.86. The maximum absolute atomic E-state index is 13.2. The third-order valence-electron chi connectivity index (χ3n) is 5.85. The van der Waals surface area contributed by atoms with Gasteiger partial charge in [0.1, 0.15) is 5.41 Å². The molecule has 4 heteroatoms. The van der Waals surface area contributed by atoms with E-state index in [0.717, 1.165) is 32.2 Å². The molecule has 2 amide bonds. The fourth-order valence-corrected chi connectivity index (χ4v) is 4.21. The Kier molecular flexibility index (Phi) is 5.16. The van der Waals surface area contributed by atoms with Crippen LogP contribution in [0, 0.1) is 5.41 Å². The van der Waals surface area contributed by atoms with Gasteiger partial charge in [-0.25, -0.2) is 0 Å². The fourth-order valence-electron chi connectivity index (χ4n) is 4.21. The topological polar surface area (TPSA) is 40.6 Å². The molecule has 1 aromatic carbocycles. The molecule has 136 valence electrons. The van der Waals surface area contributed by atoms with E-state index < -0.39 is 5.41 Å². The van der Waals surface area contributed by atoms with Gasteiger partial charge in [-0.3, -0.25) is 9.59 Å². The summed E-state index contributed by atoms with van der Waals surface area (Å²) >= 11 is 0. The highest BCUT2D eigenvalue weighted by Gasteiger charge is 2.44. The number of rotatable bonds is 3. The van der Waals surface area contributed by atoms with E-state index in [9.17, 15) is 9.59 Å². The summed E-state index contributed by atoms with van der Waals surface area (Å²) < 4.78 is 0. The summed E-state index contributed by atoms with van der Waals surface area (Å²) in [5.41, 5.74) is 1.53. The highest BCUT2D eigenvalue weighted by molar-refractivity contribution is 6.04. The van der Waals surface area contributed by atoms with Crippen molar-refractivity contribution in [3.8, 4) is 0 Å². The molecule has 1 unspecified atom stereocenters. The monoisotopic (exact) mass is 342 g/mol. The number of benzene rings is 1. The number of likely N-dealkylation sites (tertiary alicyclic amines) is 1. The molecule has 4 nitrogen and oxygen atoms in total. The van der Waals surface area contributed by atoms with Gasteiger partial charge < -0.3 is 9.80 Å². The van der Waals surface area contributed by atoms with Crippen LogP contribution in [0.15, 0.2) is 24.3 Å². The molecule has 0 aromatic heterocycles. The van der Waals surface area contributed by atoms with Crippen LogP contribution >= 0.6 is 0 Å². The van der Waals surface area contributed by atoms with Crippen LogP contribution in [0.1, 0.15) is 57.6 Å². The van der Waals surface area contributed by atoms with Crippen molar-refractivity contribution in [2.45, 2.75) is 65.5 Å². The Balaban J connectivity index is 1.75. The van der Waals surface area contributed by atoms with E-state index in [2.05, 4.69) is 19.1 Å². The molecule has 0 radical (unpaired) electrons. The summed E-state index contributed by atoms with van der Waals surface area (Å²) in [6, 6.07) is 8.57. The predicted octanol–water partition coefficient (Wildman–Crippen LogP) is 3.39. The molecule has 0 spiro atoms. The summed E-state index contributed by atoms with van der Waals surface area (Å²) in [5.74, 6) is -0.0321. The quantitative estimate of drug-likeness (QED) is 0.790. The lowest BCUT2D eigenvalue weighted by molar-refractivity contribution is -0.157. The number of carbonyl (C=O) groups excluding carboxylic acids is 2. The van der Waals surface area contributed by atoms with E-state index in [-0.39, 0.29) is 17.9 Å². The van der Waals surface area contributed by atoms with E-state index in [1.807, 2.05) is 21.9 Å². The lowest BCUT2D eigenvalue weighted by Crippen LogP contribution is -2.55. The smallest absolute Gasteiger partial charge is 0.238 e. The van der Waals surface area contributed by atoms with Crippen molar-refractivity contribution in [3.63, 3.8) is 0 Å². The summed E-state index contributed by atoms with van der Waals surface area (Å²) in [6.45, 7) is 7.84. The van der Waals surface area contributed by atoms with Crippen LogP contribution in [0.3, 0.4) is 0 Å². The number of nitrogens with zero attached hydrogens (tertiary/aromatic N) is 2. The summed E-state index contributed by atoms with van der Waals surface area (Å²) in [6.07, 6.45) is 5.12. The van der Waals surface area contributed by atoms with Gasteiger partial charge in [-0.2, -0.15) is 0 Å². The first-order chi connectivity index (χ1) is 11.9. The average molecular weight is 342 g/mol. The molecule has 1 atom stereocenters. The third kappa shape index (κ3) is 3.44. The van der Waals surface area contributed by atoms with Crippen molar-refractivity contribution >= 4 is 11.8 Å². The van der Waals surface area contributed by atoms with Crippen molar-refractivity contribution in [1.29, 1.82) is 0 Å². The molecule has 0 saturated carbocycles. The number of fused-ring (bicyclic) bond motifs is 1. The van der Waals surface area contributed by atoms with Crippen LogP contribution in [-0.4, -0.2) is 40.7 Å². The number of hydrogen-bond acceptors (Lipinski definition) is 2. The van der Waals surface area contributed by atoms with Crippen LogP contribution in [-0.2, 0) is 22.6 Å². The molecular formula is C21H30N2O2. The normalized spacial score (nSPS) is 21.0. The van der Waals surface area contributed by atoms with Crippen LogP contribution in [0.25, 0.3) is 0 Å². The first kappa shape index (κ1) is 18.0. The van der Waals surface area contributed by atoms with Crippen LogP contribution in [0.5, 0.6) is 0 Å². The van der Waals surface area contributed by atoms with E-state index in [1.165, 1.54) is 17.5 Å². The van der Waals surface area contributed by atoms with Crippen molar-refractivity contribution in [3.05, 3.63) is 35.4 Å². The summed E-state index contributed by atoms with van der Waals surface area (Å²) in [5, 5.41) is 0. The maximum atomic E-state index is 13.2. The number of hydrogen-bond donors (Lipinski definition) is 0. The van der Waals surface area contributed by atoms with E-state index >= 15 is 0 Å². The standard InChI is InChI=1S/C21H30N2O2/c1-4-18-11-7-8-13-23(18)20(25)21(2,3)19(24)22-14-12-16-9-5-6-10-17(16)15-22/h5-6,9-10,18H,4,7-8,11-15H2,1-3H3. The molecule has 2 aliphatic rings.